The minimum Gasteiger partial charge on any atom is -0.271 e. The molecule has 1 unspecified atom stereocenters. The molecule has 0 amide bonds. The molecule has 0 spiro atoms. The van der Waals surface area contributed by atoms with Crippen molar-refractivity contribution in [2.24, 2.45) is 5.84 Å². The third kappa shape index (κ3) is 3.19. The summed E-state index contributed by atoms with van der Waals surface area (Å²) in [5.41, 5.74) is 7.97. The average Bonchev–Trinajstić information content (AvgIpc) is 2.39. The summed E-state index contributed by atoms with van der Waals surface area (Å²) >= 11 is 0. The first kappa shape index (κ1) is 12.8. The summed E-state index contributed by atoms with van der Waals surface area (Å²) in [6, 6.07) is 17.3. The van der Waals surface area contributed by atoms with Gasteiger partial charge in [-0.2, -0.15) is 0 Å². The second-order valence-corrected chi connectivity index (χ2v) is 4.82. The Bertz CT molecular complexity index is 486. The van der Waals surface area contributed by atoms with E-state index in [1.165, 1.54) is 22.3 Å². The Labute approximate surface area is 109 Å². The second kappa shape index (κ2) is 5.80. The third-order valence-corrected chi connectivity index (χ3v) is 3.24. The van der Waals surface area contributed by atoms with E-state index in [9.17, 15) is 0 Å². The van der Waals surface area contributed by atoms with E-state index >= 15 is 0 Å². The molecule has 0 aliphatic heterocycles. The maximum absolute atomic E-state index is 5.67. The van der Waals surface area contributed by atoms with Crippen molar-refractivity contribution in [1.82, 2.24) is 5.43 Å². The molecule has 18 heavy (non-hydrogen) atoms. The summed E-state index contributed by atoms with van der Waals surface area (Å²) in [4.78, 5) is 0. The Balaban J connectivity index is 2.14. The van der Waals surface area contributed by atoms with Crippen molar-refractivity contribution in [2.45, 2.75) is 26.3 Å². The molecule has 0 bridgehead atoms. The molecule has 2 nitrogen and oxygen atoms in total. The highest BCUT2D eigenvalue weighted by Crippen LogP contribution is 2.18. The molecule has 1 atom stereocenters. The molecule has 0 aliphatic rings. The van der Waals surface area contributed by atoms with Crippen LogP contribution in [0.5, 0.6) is 0 Å². The lowest BCUT2D eigenvalue weighted by Gasteiger charge is -2.16. The van der Waals surface area contributed by atoms with Gasteiger partial charge in [-0.3, -0.25) is 11.3 Å². The van der Waals surface area contributed by atoms with Gasteiger partial charge in [-0.1, -0.05) is 59.7 Å². The number of rotatable bonds is 4. The van der Waals surface area contributed by atoms with Crippen LogP contribution in [0.2, 0.25) is 0 Å². The molecule has 0 aliphatic carbocycles. The van der Waals surface area contributed by atoms with Gasteiger partial charge in [0.05, 0.1) is 0 Å². The van der Waals surface area contributed by atoms with E-state index < -0.39 is 0 Å². The number of aryl methyl sites for hydroxylation is 2. The average molecular weight is 240 g/mol. The zero-order chi connectivity index (χ0) is 13.0. The maximum Gasteiger partial charge on any atom is 0.0500 e. The SMILES string of the molecule is Cc1ccc(CC(NN)c2ccc(C)cc2)cc1. The van der Waals surface area contributed by atoms with E-state index in [0.29, 0.717) is 0 Å². The lowest BCUT2D eigenvalue weighted by molar-refractivity contribution is 0.552. The predicted molar refractivity (Wildman–Crippen MR) is 76.1 cm³/mol. The van der Waals surface area contributed by atoms with E-state index in [1.54, 1.807) is 0 Å². The second-order valence-electron chi connectivity index (χ2n) is 4.82. The van der Waals surface area contributed by atoms with Crippen LogP contribution in [0.15, 0.2) is 48.5 Å². The van der Waals surface area contributed by atoms with Crippen LogP contribution in [0.25, 0.3) is 0 Å². The van der Waals surface area contributed by atoms with E-state index in [1.807, 2.05) is 0 Å². The van der Waals surface area contributed by atoms with Crippen molar-refractivity contribution in [3.8, 4) is 0 Å². The highest BCUT2D eigenvalue weighted by molar-refractivity contribution is 5.27. The zero-order valence-electron chi connectivity index (χ0n) is 11.0. The van der Waals surface area contributed by atoms with E-state index in [-0.39, 0.29) is 6.04 Å². The molecular formula is C16H20N2. The Hall–Kier alpha value is -1.64. The van der Waals surface area contributed by atoms with Gasteiger partial charge in [0.1, 0.15) is 0 Å². The van der Waals surface area contributed by atoms with Crippen molar-refractivity contribution in [3.63, 3.8) is 0 Å². The van der Waals surface area contributed by atoms with Crippen molar-refractivity contribution in [3.05, 3.63) is 70.8 Å². The van der Waals surface area contributed by atoms with Crippen LogP contribution in [0.1, 0.15) is 28.3 Å². The lowest BCUT2D eigenvalue weighted by atomic mass is 9.98. The van der Waals surface area contributed by atoms with E-state index in [4.69, 9.17) is 5.84 Å². The molecule has 2 heteroatoms. The molecule has 0 fully saturated rings. The van der Waals surface area contributed by atoms with E-state index in [0.717, 1.165) is 6.42 Å². The topological polar surface area (TPSA) is 38.0 Å². The van der Waals surface area contributed by atoms with Gasteiger partial charge >= 0.3 is 0 Å². The van der Waals surface area contributed by atoms with Crippen LogP contribution in [0.4, 0.5) is 0 Å². The highest BCUT2D eigenvalue weighted by Gasteiger charge is 2.09. The largest absolute Gasteiger partial charge is 0.271 e. The minimum absolute atomic E-state index is 0.160. The Morgan fingerprint density at radius 1 is 0.889 bits per heavy atom. The highest BCUT2D eigenvalue weighted by atomic mass is 15.2. The smallest absolute Gasteiger partial charge is 0.0500 e. The van der Waals surface area contributed by atoms with Crippen molar-refractivity contribution in [2.75, 3.05) is 0 Å². The maximum atomic E-state index is 5.67. The molecule has 0 aromatic heterocycles. The quantitative estimate of drug-likeness (QED) is 0.636. The first-order valence-electron chi connectivity index (χ1n) is 6.27. The van der Waals surface area contributed by atoms with E-state index in [2.05, 4.69) is 67.8 Å². The third-order valence-electron chi connectivity index (χ3n) is 3.24. The Morgan fingerprint density at radius 3 is 1.89 bits per heavy atom. The van der Waals surface area contributed by atoms with Gasteiger partial charge in [0.25, 0.3) is 0 Å². The fourth-order valence-corrected chi connectivity index (χ4v) is 2.03. The van der Waals surface area contributed by atoms with Crippen LogP contribution < -0.4 is 11.3 Å². The summed E-state index contributed by atoms with van der Waals surface area (Å²) in [5.74, 6) is 5.67. The molecule has 0 saturated heterocycles. The summed E-state index contributed by atoms with van der Waals surface area (Å²) < 4.78 is 0. The van der Waals surface area contributed by atoms with Gasteiger partial charge in [-0.05, 0) is 31.4 Å². The van der Waals surface area contributed by atoms with Crippen molar-refractivity contribution < 1.29 is 0 Å². The summed E-state index contributed by atoms with van der Waals surface area (Å²) in [6.07, 6.45) is 0.903. The van der Waals surface area contributed by atoms with Gasteiger partial charge in [0.2, 0.25) is 0 Å². The van der Waals surface area contributed by atoms with Gasteiger partial charge in [-0.15, -0.1) is 0 Å². The van der Waals surface area contributed by atoms with Gasteiger partial charge in [0, 0.05) is 6.04 Å². The normalized spacial score (nSPS) is 12.4. The summed E-state index contributed by atoms with van der Waals surface area (Å²) in [7, 11) is 0. The number of hydrazine groups is 1. The standard InChI is InChI=1S/C16H20N2/c1-12-3-7-14(8-4-12)11-16(18-17)15-9-5-13(2)6-10-15/h3-10,16,18H,11,17H2,1-2H3. The van der Waals surface area contributed by atoms with Crippen LogP contribution >= 0.6 is 0 Å². The Morgan fingerprint density at radius 2 is 1.39 bits per heavy atom. The molecule has 2 aromatic carbocycles. The molecule has 3 N–H and O–H groups in total. The number of hydrogen-bond donors (Lipinski definition) is 2. The van der Waals surface area contributed by atoms with Crippen LogP contribution in [-0.4, -0.2) is 0 Å². The predicted octanol–water partition coefficient (Wildman–Crippen LogP) is 3.05. The molecule has 94 valence electrons. The zero-order valence-corrected chi connectivity index (χ0v) is 11.0. The minimum atomic E-state index is 0.160. The van der Waals surface area contributed by atoms with Gasteiger partial charge < -0.3 is 0 Å². The molecule has 2 aromatic rings. The summed E-state index contributed by atoms with van der Waals surface area (Å²) in [5, 5.41) is 0. The monoisotopic (exact) mass is 240 g/mol. The molecule has 0 saturated carbocycles. The first-order valence-corrected chi connectivity index (χ1v) is 6.27. The van der Waals surface area contributed by atoms with Gasteiger partial charge in [0.15, 0.2) is 0 Å². The molecule has 0 heterocycles. The number of nitrogens with one attached hydrogen (secondary N) is 1. The van der Waals surface area contributed by atoms with Gasteiger partial charge in [-0.25, -0.2) is 0 Å². The van der Waals surface area contributed by atoms with Crippen LogP contribution in [0, 0.1) is 13.8 Å². The number of nitrogens with two attached hydrogens (primary N) is 1. The van der Waals surface area contributed by atoms with Crippen LogP contribution in [-0.2, 0) is 6.42 Å². The number of benzene rings is 2. The lowest BCUT2D eigenvalue weighted by Crippen LogP contribution is -2.29. The van der Waals surface area contributed by atoms with Crippen molar-refractivity contribution >= 4 is 0 Å². The van der Waals surface area contributed by atoms with Crippen molar-refractivity contribution in [1.29, 1.82) is 0 Å². The Kier molecular flexibility index (Phi) is 4.13. The fraction of sp³-hybridized carbons (Fsp3) is 0.250. The fourth-order valence-electron chi connectivity index (χ4n) is 2.03. The van der Waals surface area contributed by atoms with Crippen LogP contribution in [0.3, 0.4) is 0 Å². The first-order chi connectivity index (χ1) is 8.69. The molecule has 0 radical (unpaired) electrons. The molecule has 2 rings (SSSR count). The number of hydrogen-bond acceptors (Lipinski definition) is 2. The molecular weight excluding hydrogens is 220 g/mol. The summed E-state index contributed by atoms with van der Waals surface area (Å²) in [6.45, 7) is 4.19.